The van der Waals surface area contributed by atoms with Crippen LogP contribution in [0.2, 0.25) is 0 Å². The molecule has 1 aliphatic heterocycles. The average molecular weight is 372 g/mol. The largest absolute Gasteiger partial charge is 0.444 e. The molecule has 2 heterocycles. The summed E-state index contributed by atoms with van der Waals surface area (Å²) >= 11 is 0. The number of nitrogens with zero attached hydrogens (tertiary/aromatic N) is 3. The number of carbonyl (C=O) groups is 1. The van der Waals surface area contributed by atoms with Gasteiger partial charge in [-0.1, -0.05) is 0 Å². The Balaban J connectivity index is 1.62. The van der Waals surface area contributed by atoms with Crippen LogP contribution < -0.4 is 5.32 Å². The summed E-state index contributed by atoms with van der Waals surface area (Å²) in [4.78, 5) is 14.2. The quantitative estimate of drug-likeness (QED) is 0.879. The molecule has 144 valence electrons. The van der Waals surface area contributed by atoms with Crippen LogP contribution in [0.1, 0.15) is 39.3 Å². The Bertz CT molecular complexity index is 657. The summed E-state index contributed by atoms with van der Waals surface area (Å²) in [7, 11) is 0. The van der Waals surface area contributed by atoms with Gasteiger partial charge in [0.25, 0.3) is 0 Å². The molecule has 3 rings (SSSR count). The van der Waals surface area contributed by atoms with Crippen LogP contribution in [-0.4, -0.2) is 45.9 Å². The number of likely N-dealkylation sites (tertiary alicyclic amines) is 1. The monoisotopic (exact) mass is 372 g/mol. The summed E-state index contributed by atoms with van der Waals surface area (Å²) in [6.07, 6.45) is -2.90. The van der Waals surface area contributed by atoms with Crippen LogP contribution in [-0.2, 0) is 10.9 Å². The zero-order valence-corrected chi connectivity index (χ0v) is 15.0. The number of aromatic nitrogens is 2. The van der Waals surface area contributed by atoms with Crippen LogP contribution in [0, 0.1) is 11.8 Å². The first kappa shape index (κ1) is 18.7. The van der Waals surface area contributed by atoms with Crippen molar-refractivity contribution in [2.45, 2.75) is 51.4 Å². The van der Waals surface area contributed by atoms with E-state index in [2.05, 4.69) is 15.5 Å². The molecule has 2 fully saturated rings. The molecule has 0 bridgehead atoms. The van der Waals surface area contributed by atoms with Gasteiger partial charge in [0.2, 0.25) is 0 Å². The zero-order chi connectivity index (χ0) is 19.1. The number of nitrogens with one attached hydrogen (secondary N) is 1. The first-order valence-corrected chi connectivity index (χ1v) is 8.67. The molecule has 1 aromatic rings. The van der Waals surface area contributed by atoms with Gasteiger partial charge in [0.05, 0.1) is 6.04 Å². The van der Waals surface area contributed by atoms with Crippen molar-refractivity contribution < 1.29 is 22.7 Å². The van der Waals surface area contributed by atoms with Gasteiger partial charge in [-0.15, -0.1) is 10.2 Å². The maximum atomic E-state index is 12.5. The molecule has 0 spiro atoms. The van der Waals surface area contributed by atoms with Crippen LogP contribution >= 0.6 is 0 Å². The van der Waals surface area contributed by atoms with E-state index >= 15 is 0 Å². The topological polar surface area (TPSA) is 67.3 Å². The predicted octanol–water partition coefficient (Wildman–Crippen LogP) is 3.55. The maximum Gasteiger partial charge on any atom is 0.435 e. The van der Waals surface area contributed by atoms with E-state index < -0.39 is 17.5 Å². The van der Waals surface area contributed by atoms with E-state index in [4.69, 9.17) is 4.74 Å². The van der Waals surface area contributed by atoms with Crippen molar-refractivity contribution in [2.75, 3.05) is 18.4 Å². The molecule has 0 radical (unpaired) electrons. The highest BCUT2D eigenvalue weighted by Gasteiger charge is 2.47. The third kappa shape index (κ3) is 4.56. The van der Waals surface area contributed by atoms with Crippen LogP contribution in [0.15, 0.2) is 12.1 Å². The lowest BCUT2D eigenvalue weighted by atomic mass is 10.0. The molecule has 1 aliphatic carbocycles. The van der Waals surface area contributed by atoms with Gasteiger partial charge in [-0.2, -0.15) is 13.2 Å². The lowest BCUT2D eigenvalue weighted by Crippen LogP contribution is -2.49. The minimum absolute atomic E-state index is 0.0855. The van der Waals surface area contributed by atoms with E-state index in [0.29, 0.717) is 24.9 Å². The van der Waals surface area contributed by atoms with Gasteiger partial charge >= 0.3 is 12.3 Å². The number of amides is 1. The zero-order valence-electron chi connectivity index (χ0n) is 15.0. The molecule has 26 heavy (non-hydrogen) atoms. The number of anilines is 1. The number of rotatable bonds is 3. The molecule has 3 atom stereocenters. The Morgan fingerprint density at radius 2 is 1.96 bits per heavy atom. The average Bonchev–Trinajstić information content (AvgIpc) is 3.28. The maximum absolute atomic E-state index is 12.5. The van der Waals surface area contributed by atoms with Crippen molar-refractivity contribution in [2.24, 2.45) is 11.8 Å². The van der Waals surface area contributed by atoms with Gasteiger partial charge in [0, 0.05) is 13.1 Å². The Morgan fingerprint density at radius 3 is 2.54 bits per heavy atom. The third-order valence-electron chi connectivity index (χ3n) is 4.62. The van der Waals surface area contributed by atoms with Crippen molar-refractivity contribution in [3.63, 3.8) is 0 Å². The fourth-order valence-corrected chi connectivity index (χ4v) is 3.24. The van der Waals surface area contributed by atoms with Crippen LogP contribution in [0.3, 0.4) is 0 Å². The Morgan fingerprint density at radius 1 is 1.23 bits per heavy atom. The molecular formula is C17H23F3N4O2. The van der Waals surface area contributed by atoms with E-state index in [9.17, 15) is 18.0 Å². The van der Waals surface area contributed by atoms with Crippen LogP contribution in [0.25, 0.3) is 0 Å². The summed E-state index contributed by atoms with van der Waals surface area (Å²) in [5, 5.41) is 9.76. The number of hydrogen-bond donors (Lipinski definition) is 1. The Labute approximate surface area is 150 Å². The van der Waals surface area contributed by atoms with Gasteiger partial charge in [-0.05, 0) is 57.6 Å². The fourth-order valence-electron chi connectivity index (χ4n) is 3.24. The van der Waals surface area contributed by atoms with E-state index in [1.165, 1.54) is 6.07 Å². The predicted molar refractivity (Wildman–Crippen MR) is 88.5 cm³/mol. The molecule has 3 unspecified atom stereocenters. The van der Waals surface area contributed by atoms with Crippen molar-refractivity contribution in [3.8, 4) is 0 Å². The summed E-state index contributed by atoms with van der Waals surface area (Å²) in [5.41, 5.74) is -1.61. The van der Waals surface area contributed by atoms with Gasteiger partial charge in [-0.25, -0.2) is 4.79 Å². The van der Waals surface area contributed by atoms with Crippen molar-refractivity contribution in [3.05, 3.63) is 17.8 Å². The number of alkyl halides is 3. The van der Waals surface area contributed by atoms with Gasteiger partial charge in [0.15, 0.2) is 5.69 Å². The first-order chi connectivity index (χ1) is 12.0. The molecule has 0 aromatic carbocycles. The summed E-state index contributed by atoms with van der Waals surface area (Å²) < 4.78 is 43.1. The second-order valence-electron chi connectivity index (χ2n) is 7.96. The molecule has 1 aromatic heterocycles. The van der Waals surface area contributed by atoms with Gasteiger partial charge in [-0.3, -0.25) is 0 Å². The number of hydrogen-bond acceptors (Lipinski definition) is 5. The highest BCUT2D eigenvalue weighted by atomic mass is 19.4. The van der Waals surface area contributed by atoms with Gasteiger partial charge in [0.1, 0.15) is 11.4 Å². The Kier molecular flexibility index (Phi) is 4.74. The van der Waals surface area contributed by atoms with Crippen LogP contribution in [0.5, 0.6) is 0 Å². The number of fused-ring (bicyclic) bond motifs is 1. The number of ether oxygens (including phenoxy) is 1. The minimum atomic E-state index is -4.51. The molecule has 2 aliphatic rings. The third-order valence-corrected chi connectivity index (χ3v) is 4.62. The first-order valence-electron chi connectivity index (χ1n) is 8.67. The highest BCUT2D eigenvalue weighted by Crippen LogP contribution is 2.47. The number of carbonyl (C=O) groups excluding carboxylic acids is 1. The molecule has 1 N–H and O–H groups in total. The van der Waals surface area contributed by atoms with Crippen molar-refractivity contribution >= 4 is 11.9 Å². The molecule has 6 nitrogen and oxygen atoms in total. The lowest BCUT2D eigenvalue weighted by Gasteiger charge is -2.36. The molecule has 1 saturated heterocycles. The van der Waals surface area contributed by atoms with E-state index in [1.54, 1.807) is 4.90 Å². The van der Waals surface area contributed by atoms with E-state index in [-0.39, 0.29) is 18.0 Å². The lowest BCUT2D eigenvalue weighted by molar-refractivity contribution is -0.141. The summed E-state index contributed by atoms with van der Waals surface area (Å²) in [5.74, 6) is 1.39. The minimum Gasteiger partial charge on any atom is -0.444 e. The summed E-state index contributed by atoms with van der Waals surface area (Å²) in [6, 6.07) is 2.05. The molecule has 1 amide bonds. The fraction of sp³-hybridized carbons (Fsp3) is 0.706. The van der Waals surface area contributed by atoms with E-state index in [0.717, 1.165) is 18.9 Å². The smallest absolute Gasteiger partial charge is 0.435 e. The molecular weight excluding hydrogens is 349 g/mol. The van der Waals surface area contributed by atoms with Crippen molar-refractivity contribution in [1.29, 1.82) is 0 Å². The summed E-state index contributed by atoms with van der Waals surface area (Å²) in [6.45, 7) is 6.51. The van der Waals surface area contributed by atoms with E-state index in [1.807, 2.05) is 20.8 Å². The standard InChI is InChI=1S/C17H23F3N4O2/c1-16(2,3)26-15(25)24-9-11-6-10(11)7-12(24)8-21-14-5-4-13(22-23-14)17(18,19)20/h4-5,10-12H,6-9H2,1-3H3,(H,21,23). The van der Waals surface area contributed by atoms with Crippen LogP contribution in [0.4, 0.5) is 23.8 Å². The number of halogens is 3. The number of piperidine rings is 1. The highest BCUT2D eigenvalue weighted by molar-refractivity contribution is 5.69. The Hall–Kier alpha value is -2.06. The van der Waals surface area contributed by atoms with Gasteiger partial charge < -0.3 is 15.0 Å². The SMILES string of the molecule is CC(C)(C)OC(=O)N1CC2CC2CC1CNc1ccc(C(F)(F)F)nn1. The van der Waals surface area contributed by atoms with Crippen molar-refractivity contribution in [1.82, 2.24) is 15.1 Å². The molecule has 1 saturated carbocycles. The second kappa shape index (κ2) is 6.59. The molecule has 9 heteroatoms. The normalized spacial score (nSPS) is 25.5. The second-order valence-corrected chi connectivity index (χ2v) is 7.96.